The van der Waals surface area contributed by atoms with Gasteiger partial charge in [0.15, 0.2) is 6.80 Å². The number of alkyl halides is 3. The standard InChI is InChI=1S/C27H32FI2N5O3S/c1-39-10-9-23-26(37)32(15-20-7-8-21(12-29)22(11-20)13-30)16-24-34(23)25(36)17-33(18-28)35(24)27(38)31-14-19-5-3-2-4-6-19/h2-8,11,23-24H,9-10,12-18H2,1H3,(H,31,38)/t23-,24-/m0/s1. The molecule has 0 saturated carbocycles. The van der Waals surface area contributed by atoms with Crippen LogP contribution in [0.15, 0.2) is 48.5 Å². The highest BCUT2D eigenvalue weighted by Crippen LogP contribution is 2.30. The van der Waals surface area contributed by atoms with Gasteiger partial charge in [0.2, 0.25) is 11.8 Å². The normalized spacial score (nSPS) is 19.8. The van der Waals surface area contributed by atoms with Gasteiger partial charge >= 0.3 is 6.03 Å². The van der Waals surface area contributed by atoms with Gasteiger partial charge in [0.1, 0.15) is 18.8 Å². The van der Waals surface area contributed by atoms with Crippen molar-refractivity contribution in [1.82, 2.24) is 25.1 Å². The monoisotopic (exact) mass is 779 g/mol. The molecule has 210 valence electrons. The molecule has 12 heteroatoms. The zero-order valence-electron chi connectivity index (χ0n) is 21.7. The van der Waals surface area contributed by atoms with Crippen molar-refractivity contribution in [3.63, 3.8) is 0 Å². The number of urea groups is 1. The van der Waals surface area contributed by atoms with Gasteiger partial charge in [-0.1, -0.05) is 93.7 Å². The fourth-order valence-electron chi connectivity index (χ4n) is 5.06. The first-order valence-electron chi connectivity index (χ1n) is 12.6. The summed E-state index contributed by atoms with van der Waals surface area (Å²) in [5.41, 5.74) is 4.39. The van der Waals surface area contributed by atoms with Crippen LogP contribution in [0.5, 0.6) is 0 Å². The topological polar surface area (TPSA) is 76.2 Å². The zero-order chi connectivity index (χ0) is 27.9. The minimum Gasteiger partial charge on any atom is -0.333 e. The molecule has 0 aromatic heterocycles. The molecule has 4 rings (SSSR count). The number of carbonyl (C=O) groups is 3. The van der Waals surface area contributed by atoms with Gasteiger partial charge in [0.25, 0.3) is 0 Å². The van der Waals surface area contributed by atoms with E-state index in [0.29, 0.717) is 18.7 Å². The van der Waals surface area contributed by atoms with E-state index in [1.807, 2.05) is 42.7 Å². The smallest absolute Gasteiger partial charge is 0.333 e. The van der Waals surface area contributed by atoms with E-state index < -0.39 is 25.0 Å². The fraction of sp³-hybridized carbons (Fsp3) is 0.444. The molecule has 2 fully saturated rings. The van der Waals surface area contributed by atoms with Crippen LogP contribution >= 0.6 is 56.9 Å². The van der Waals surface area contributed by atoms with Crippen molar-refractivity contribution in [3.8, 4) is 0 Å². The molecule has 2 heterocycles. The average Bonchev–Trinajstić information content (AvgIpc) is 2.96. The quantitative estimate of drug-likeness (QED) is 0.218. The summed E-state index contributed by atoms with van der Waals surface area (Å²) in [7, 11) is 0. The molecule has 4 amide bonds. The van der Waals surface area contributed by atoms with E-state index in [9.17, 15) is 18.8 Å². The predicted octanol–water partition coefficient (Wildman–Crippen LogP) is 4.54. The Kier molecular flexibility index (Phi) is 11.1. The van der Waals surface area contributed by atoms with Gasteiger partial charge in [0.05, 0.1) is 6.54 Å². The van der Waals surface area contributed by atoms with Crippen LogP contribution in [0.4, 0.5) is 9.18 Å². The van der Waals surface area contributed by atoms with Crippen molar-refractivity contribution < 1.29 is 18.8 Å². The van der Waals surface area contributed by atoms with Gasteiger partial charge in [-0.25, -0.2) is 14.2 Å². The van der Waals surface area contributed by atoms with Gasteiger partial charge in [-0.2, -0.15) is 16.8 Å². The third kappa shape index (κ3) is 6.99. The second-order valence-corrected chi connectivity index (χ2v) is 12.0. The summed E-state index contributed by atoms with van der Waals surface area (Å²) in [6.45, 7) is -0.574. The van der Waals surface area contributed by atoms with E-state index >= 15 is 0 Å². The number of nitrogens with one attached hydrogen (secondary N) is 1. The summed E-state index contributed by atoms with van der Waals surface area (Å²) in [6.07, 6.45) is 1.61. The molecule has 0 bridgehead atoms. The number of rotatable bonds is 10. The molecule has 0 unspecified atom stereocenters. The predicted molar refractivity (Wildman–Crippen MR) is 168 cm³/mol. The number of nitrogens with zero attached hydrogens (tertiary/aromatic N) is 4. The number of halogens is 3. The molecule has 8 nitrogen and oxygen atoms in total. The van der Waals surface area contributed by atoms with Crippen molar-refractivity contribution >= 4 is 74.8 Å². The van der Waals surface area contributed by atoms with Crippen LogP contribution in [-0.2, 0) is 31.5 Å². The van der Waals surface area contributed by atoms with E-state index in [0.717, 1.165) is 25.0 Å². The Balaban J connectivity index is 1.63. The number of fused-ring (bicyclic) bond motifs is 1. The molecule has 1 N–H and O–H groups in total. The summed E-state index contributed by atoms with van der Waals surface area (Å²) < 4.78 is 16.0. The fourth-order valence-corrected chi connectivity index (χ4v) is 6.97. The Morgan fingerprint density at radius 3 is 2.49 bits per heavy atom. The Hall–Kier alpha value is -1.65. The number of hydrogen-bond acceptors (Lipinski definition) is 5. The van der Waals surface area contributed by atoms with Gasteiger partial charge < -0.3 is 15.1 Å². The first kappa shape index (κ1) is 30.3. The van der Waals surface area contributed by atoms with Gasteiger partial charge in [0, 0.05) is 21.9 Å². The number of carbonyl (C=O) groups excluding carboxylic acids is 3. The van der Waals surface area contributed by atoms with E-state index in [-0.39, 0.29) is 31.4 Å². The molecule has 0 radical (unpaired) electrons. The molecule has 2 aromatic carbocycles. The first-order chi connectivity index (χ1) is 18.9. The number of piperazine rings is 1. The molecule has 2 aromatic rings. The van der Waals surface area contributed by atoms with Crippen LogP contribution in [0.2, 0.25) is 0 Å². The van der Waals surface area contributed by atoms with Crippen LogP contribution in [-0.4, -0.2) is 81.8 Å². The minimum absolute atomic E-state index is 0.100. The Bertz CT molecular complexity index is 1180. The maximum atomic E-state index is 14.2. The lowest BCUT2D eigenvalue weighted by Crippen LogP contribution is -2.76. The maximum absolute atomic E-state index is 14.2. The van der Waals surface area contributed by atoms with Crippen molar-refractivity contribution in [2.75, 3.05) is 31.9 Å². The first-order valence-corrected chi connectivity index (χ1v) is 17.1. The minimum atomic E-state index is -0.991. The van der Waals surface area contributed by atoms with Crippen molar-refractivity contribution in [2.45, 2.75) is 40.6 Å². The lowest BCUT2D eigenvalue weighted by Gasteiger charge is -2.54. The van der Waals surface area contributed by atoms with E-state index in [2.05, 4.69) is 62.6 Å². The molecule has 0 spiro atoms. The van der Waals surface area contributed by atoms with Gasteiger partial charge in [-0.3, -0.25) is 9.59 Å². The van der Waals surface area contributed by atoms with Crippen LogP contribution in [0.1, 0.15) is 28.7 Å². The number of thioether (sulfide) groups is 1. The molecular weight excluding hydrogens is 747 g/mol. The maximum Gasteiger partial charge on any atom is 0.334 e. The highest BCUT2D eigenvalue weighted by atomic mass is 127. The molecule has 39 heavy (non-hydrogen) atoms. The molecule has 2 aliphatic rings. The largest absolute Gasteiger partial charge is 0.334 e. The van der Waals surface area contributed by atoms with Crippen LogP contribution in [0.25, 0.3) is 0 Å². The Morgan fingerprint density at radius 2 is 1.82 bits per heavy atom. The Morgan fingerprint density at radius 1 is 1.08 bits per heavy atom. The zero-order valence-corrected chi connectivity index (χ0v) is 26.8. The molecule has 2 saturated heterocycles. The van der Waals surface area contributed by atoms with Crippen molar-refractivity contribution in [1.29, 1.82) is 0 Å². The third-order valence-corrected chi connectivity index (χ3v) is 9.28. The molecule has 2 atom stereocenters. The van der Waals surface area contributed by atoms with Gasteiger partial charge in [-0.15, -0.1) is 0 Å². The number of amides is 4. The second kappa shape index (κ2) is 14.3. The van der Waals surface area contributed by atoms with E-state index in [1.54, 1.807) is 16.7 Å². The number of hydrazine groups is 1. The summed E-state index contributed by atoms with van der Waals surface area (Å²) in [5.74, 6) is 0.195. The number of hydrogen-bond donors (Lipinski definition) is 1. The van der Waals surface area contributed by atoms with E-state index in [1.165, 1.54) is 21.0 Å². The highest BCUT2D eigenvalue weighted by Gasteiger charge is 2.51. The van der Waals surface area contributed by atoms with E-state index in [4.69, 9.17) is 0 Å². The number of benzene rings is 2. The van der Waals surface area contributed by atoms with Gasteiger partial charge in [-0.05, 0) is 40.7 Å². The van der Waals surface area contributed by atoms with Crippen molar-refractivity contribution in [3.05, 3.63) is 70.8 Å². The molecular formula is C27H32FI2N5O3S. The van der Waals surface area contributed by atoms with Crippen LogP contribution in [0, 0.1) is 0 Å². The summed E-state index contributed by atoms with van der Waals surface area (Å²) in [6, 6.07) is 14.5. The molecule has 0 aliphatic carbocycles. The average molecular weight is 779 g/mol. The van der Waals surface area contributed by atoms with Crippen molar-refractivity contribution in [2.24, 2.45) is 0 Å². The second-order valence-electron chi connectivity index (χ2n) is 9.44. The summed E-state index contributed by atoms with van der Waals surface area (Å²) in [4.78, 5) is 43.7. The SMILES string of the molecule is CSCC[C@H]1C(=O)N(Cc2ccc(CI)c(CI)c2)C[C@H]2N1C(=O)CN(CF)N2C(=O)NCc1ccccc1. The summed E-state index contributed by atoms with van der Waals surface area (Å²) >= 11 is 6.29. The lowest BCUT2D eigenvalue weighted by molar-refractivity contribution is -0.195. The highest BCUT2D eigenvalue weighted by molar-refractivity contribution is 14.1. The van der Waals surface area contributed by atoms with Crippen LogP contribution in [0.3, 0.4) is 0 Å². The third-order valence-electron chi connectivity index (χ3n) is 6.99. The lowest BCUT2D eigenvalue weighted by atomic mass is 10.0. The molecule has 2 aliphatic heterocycles. The Labute approximate surface area is 260 Å². The van der Waals surface area contributed by atoms with Crippen LogP contribution < -0.4 is 5.32 Å². The summed E-state index contributed by atoms with van der Waals surface area (Å²) in [5, 5.41) is 5.30.